The van der Waals surface area contributed by atoms with E-state index in [1.165, 1.54) is 11.3 Å². The Kier molecular flexibility index (Phi) is 4.43. The van der Waals surface area contributed by atoms with E-state index in [1.807, 2.05) is 6.07 Å². The maximum Gasteiger partial charge on any atom is 0.224 e. The van der Waals surface area contributed by atoms with Gasteiger partial charge in [0, 0.05) is 44.0 Å². The lowest BCUT2D eigenvalue weighted by Crippen LogP contribution is -2.32. The Balaban J connectivity index is 1.99. The summed E-state index contributed by atoms with van der Waals surface area (Å²) in [6, 6.07) is 6.78. The molecule has 1 amide bonds. The van der Waals surface area contributed by atoms with Crippen LogP contribution < -0.4 is 15.5 Å². The molecule has 0 saturated carbocycles. The van der Waals surface area contributed by atoms with E-state index in [9.17, 15) is 4.79 Å². The minimum atomic E-state index is 0.120. The van der Waals surface area contributed by atoms with Gasteiger partial charge in [-0.15, -0.1) is 0 Å². The summed E-state index contributed by atoms with van der Waals surface area (Å²) in [5.74, 6) is 0.120. The lowest BCUT2D eigenvalue weighted by molar-refractivity contribution is -0.116. The van der Waals surface area contributed by atoms with Crippen LogP contribution in [0.15, 0.2) is 18.2 Å². The fraction of sp³-hybridized carbons (Fsp3) is 0.533. The molecule has 1 aromatic carbocycles. The Bertz CT molecular complexity index is 457. The lowest BCUT2D eigenvalue weighted by Gasteiger charge is -2.23. The van der Waals surface area contributed by atoms with E-state index in [2.05, 4.69) is 48.6 Å². The van der Waals surface area contributed by atoms with Gasteiger partial charge >= 0.3 is 0 Å². The fourth-order valence-corrected chi connectivity index (χ4v) is 2.26. The molecule has 1 aromatic rings. The van der Waals surface area contributed by atoms with Crippen molar-refractivity contribution in [2.24, 2.45) is 0 Å². The number of amides is 1. The Morgan fingerprint density at radius 3 is 2.89 bits per heavy atom. The average molecular weight is 261 g/mol. The van der Waals surface area contributed by atoms with Gasteiger partial charge < -0.3 is 15.5 Å². The van der Waals surface area contributed by atoms with E-state index in [0.29, 0.717) is 12.5 Å². The van der Waals surface area contributed by atoms with Crippen LogP contribution in [0.1, 0.15) is 25.8 Å². The molecule has 4 heteroatoms. The maximum atomic E-state index is 11.3. The van der Waals surface area contributed by atoms with Crippen molar-refractivity contribution in [2.45, 2.75) is 32.7 Å². The molecule has 0 spiro atoms. The molecule has 0 atom stereocenters. The zero-order valence-electron chi connectivity index (χ0n) is 12.0. The molecule has 0 saturated heterocycles. The van der Waals surface area contributed by atoms with Crippen LogP contribution in [-0.4, -0.2) is 32.1 Å². The summed E-state index contributed by atoms with van der Waals surface area (Å²) >= 11 is 0. The lowest BCUT2D eigenvalue weighted by atomic mass is 10.0. The van der Waals surface area contributed by atoms with Gasteiger partial charge in [0.25, 0.3) is 0 Å². The Morgan fingerprint density at radius 1 is 1.37 bits per heavy atom. The molecule has 104 valence electrons. The number of anilines is 2. The second-order valence-electron chi connectivity index (χ2n) is 5.42. The first-order valence-corrected chi connectivity index (χ1v) is 6.93. The third kappa shape index (κ3) is 3.70. The molecule has 0 fully saturated rings. The molecule has 0 aromatic heterocycles. The smallest absolute Gasteiger partial charge is 0.224 e. The molecule has 0 bridgehead atoms. The number of nitrogens with one attached hydrogen (secondary N) is 2. The number of hydrogen-bond acceptors (Lipinski definition) is 3. The number of fused-ring (bicyclic) bond motifs is 1. The molecular weight excluding hydrogens is 238 g/mol. The van der Waals surface area contributed by atoms with Crippen molar-refractivity contribution in [3.63, 3.8) is 0 Å². The van der Waals surface area contributed by atoms with Crippen LogP contribution in [0, 0.1) is 0 Å². The molecule has 2 rings (SSSR count). The summed E-state index contributed by atoms with van der Waals surface area (Å²) in [5, 5.41) is 6.33. The van der Waals surface area contributed by atoms with Crippen molar-refractivity contribution in [1.82, 2.24) is 5.32 Å². The molecule has 0 radical (unpaired) electrons. The van der Waals surface area contributed by atoms with Crippen LogP contribution in [-0.2, 0) is 11.2 Å². The Hall–Kier alpha value is -1.55. The topological polar surface area (TPSA) is 44.4 Å². The maximum absolute atomic E-state index is 11.3. The van der Waals surface area contributed by atoms with Crippen LogP contribution in [0.4, 0.5) is 11.4 Å². The molecular formula is C15H23N3O. The van der Waals surface area contributed by atoms with Gasteiger partial charge in [0.15, 0.2) is 0 Å². The van der Waals surface area contributed by atoms with E-state index in [4.69, 9.17) is 0 Å². The predicted molar refractivity (Wildman–Crippen MR) is 79.8 cm³/mol. The molecule has 2 N–H and O–H groups in total. The fourth-order valence-electron chi connectivity index (χ4n) is 2.26. The Labute approximate surface area is 115 Å². The molecule has 0 aliphatic carbocycles. The van der Waals surface area contributed by atoms with Gasteiger partial charge in [-0.3, -0.25) is 4.79 Å². The predicted octanol–water partition coefficient (Wildman–Crippen LogP) is 2.01. The largest absolute Gasteiger partial charge is 0.373 e. The van der Waals surface area contributed by atoms with E-state index in [1.54, 1.807) is 0 Å². The summed E-state index contributed by atoms with van der Waals surface area (Å²) in [6.07, 6.45) is 1.43. The van der Waals surface area contributed by atoms with Gasteiger partial charge in [-0.05, 0) is 30.2 Å². The zero-order chi connectivity index (χ0) is 13.8. The number of nitrogens with zero attached hydrogens (tertiary/aromatic N) is 1. The number of aryl methyl sites for hydroxylation is 1. The van der Waals surface area contributed by atoms with Gasteiger partial charge in [0.1, 0.15) is 0 Å². The Morgan fingerprint density at radius 2 is 2.16 bits per heavy atom. The van der Waals surface area contributed by atoms with Crippen LogP contribution in [0.25, 0.3) is 0 Å². The van der Waals surface area contributed by atoms with Crippen LogP contribution in [0.5, 0.6) is 0 Å². The zero-order valence-corrected chi connectivity index (χ0v) is 12.0. The third-order valence-electron chi connectivity index (χ3n) is 3.42. The summed E-state index contributed by atoms with van der Waals surface area (Å²) < 4.78 is 0. The van der Waals surface area contributed by atoms with Crippen molar-refractivity contribution in [1.29, 1.82) is 0 Å². The third-order valence-corrected chi connectivity index (χ3v) is 3.42. The van der Waals surface area contributed by atoms with E-state index in [0.717, 1.165) is 25.2 Å². The quantitative estimate of drug-likeness (QED) is 0.852. The van der Waals surface area contributed by atoms with Gasteiger partial charge in [-0.25, -0.2) is 0 Å². The monoisotopic (exact) mass is 261 g/mol. The number of carbonyl (C=O) groups excluding carboxylic acids is 1. The molecule has 4 nitrogen and oxygen atoms in total. The second-order valence-corrected chi connectivity index (χ2v) is 5.42. The summed E-state index contributed by atoms with van der Waals surface area (Å²) in [4.78, 5) is 13.6. The average Bonchev–Trinajstić information content (AvgIpc) is 2.37. The number of carbonyl (C=O) groups is 1. The normalized spacial score (nSPS) is 14.2. The van der Waals surface area contributed by atoms with Crippen molar-refractivity contribution < 1.29 is 4.79 Å². The number of hydrogen-bond donors (Lipinski definition) is 2. The van der Waals surface area contributed by atoms with Crippen LogP contribution in [0.3, 0.4) is 0 Å². The first-order chi connectivity index (χ1) is 9.06. The van der Waals surface area contributed by atoms with Crippen molar-refractivity contribution in [2.75, 3.05) is 30.4 Å². The van der Waals surface area contributed by atoms with Crippen LogP contribution in [0.2, 0.25) is 0 Å². The molecule has 19 heavy (non-hydrogen) atoms. The second kappa shape index (κ2) is 6.06. The van der Waals surface area contributed by atoms with E-state index < -0.39 is 0 Å². The van der Waals surface area contributed by atoms with E-state index in [-0.39, 0.29) is 5.91 Å². The van der Waals surface area contributed by atoms with Crippen LogP contribution >= 0.6 is 0 Å². The van der Waals surface area contributed by atoms with Gasteiger partial charge in [0.2, 0.25) is 5.91 Å². The molecule has 1 aliphatic rings. The van der Waals surface area contributed by atoms with E-state index >= 15 is 0 Å². The number of benzene rings is 1. The van der Waals surface area contributed by atoms with Gasteiger partial charge in [-0.2, -0.15) is 0 Å². The first-order valence-electron chi connectivity index (χ1n) is 6.93. The highest BCUT2D eigenvalue weighted by atomic mass is 16.1. The standard InChI is InChI=1S/C15H23N3O/c1-11(2)16-8-9-18(3)13-5-6-14-12(10-13)4-7-15(19)17-14/h5-6,10-11,16H,4,7-9H2,1-3H3,(H,17,19). The van der Waals surface area contributed by atoms with Crippen molar-refractivity contribution in [3.05, 3.63) is 23.8 Å². The van der Waals surface area contributed by atoms with Gasteiger partial charge in [-0.1, -0.05) is 13.8 Å². The molecule has 1 aliphatic heterocycles. The highest BCUT2D eigenvalue weighted by Crippen LogP contribution is 2.26. The van der Waals surface area contributed by atoms with Crippen molar-refractivity contribution >= 4 is 17.3 Å². The summed E-state index contributed by atoms with van der Waals surface area (Å²) in [7, 11) is 2.10. The minimum Gasteiger partial charge on any atom is -0.373 e. The van der Waals surface area contributed by atoms with Crippen molar-refractivity contribution in [3.8, 4) is 0 Å². The SMILES string of the molecule is CC(C)NCCN(C)c1ccc2c(c1)CCC(=O)N2. The summed E-state index contributed by atoms with van der Waals surface area (Å²) in [5.41, 5.74) is 3.41. The van der Waals surface area contributed by atoms with Gasteiger partial charge in [0.05, 0.1) is 0 Å². The molecule has 1 heterocycles. The number of rotatable bonds is 5. The molecule has 0 unspecified atom stereocenters. The minimum absolute atomic E-state index is 0.120. The highest BCUT2D eigenvalue weighted by molar-refractivity contribution is 5.94. The highest BCUT2D eigenvalue weighted by Gasteiger charge is 2.15. The summed E-state index contributed by atoms with van der Waals surface area (Å²) in [6.45, 7) is 6.26. The first kappa shape index (κ1) is 13.9. The number of likely N-dealkylation sites (N-methyl/N-ethyl adjacent to an activating group) is 1.